The van der Waals surface area contributed by atoms with Crippen LogP contribution in [0, 0.1) is 0 Å². The molecule has 0 N–H and O–H groups in total. The summed E-state index contributed by atoms with van der Waals surface area (Å²) < 4.78 is 17.0. The quantitative estimate of drug-likeness (QED) is 0.662. The van der Waals surface area contributed by atoms with Gasteiger partial charge in [-0.1, -0.05) is 25.0 Å². The minimum atomic E-state index is -0.676. The van der Waals surface area contributed by atoms with Crippen LogP contribution in [0.15, 0.2) is 33.5 Å². The Morgan fingerprint density at radius 3 is 2.13 bits per heavy atom. The molecule has 2 aliphatic carbocycles. The van der Waals surface area contributed by atoms with E-state index in [9.17, 15) is 14.4 Å². The van der Waals surface area contributed by atoms with Crippen molar-refractivity contribution in [3.8, 4) is 0 Å². The maximum atomic E-state index is 13.1. The molecule has 160 valence electrons. The first kappa shape index (κ1) is 20.6. The zero-order valence-electron chi connectivity index (χ0n) is 17.2. The molecule has 6 heteroatoms. The standard InChI is InChI=1S/C24H28O6/c25-21(28-16-9-3-1-4-10-16)15-19-22(26)18-13-7-8-14-20(18)30-23(19)24(27)29-17-11-5-2-6-12-17/h7-8,13-14,16-17H,1-6,9-12,15H2. The van der Waals surface area contributed by atoms with Crippen LogP contribution >= 0.6 is 0 Å². The van der Waals surface area contributed by atoms with Gasteiger partial charge in [0.25, 0.3) is 0 Å². The highest BCUT2D eigenvalue weighted by atomic mass is 16.6. The second-order valence-electron chi connectivity index (χ2n) is 8.33. The Balaban J connectivity index is 1.61. The van der Waals surface area contributed by atoms with Crippen LogP contribution in [0.5, 0.6) is 0 Å². The average molecular weight is 412 g/mol. The molecule has 0 spiro atoms. The first-order valence-corrected chi connectivity index (χ1v) is 11.1. The predicted octanol–water partition coefficient (Wildman–Crippen LogP) is 4.70. The zero-order valence-corrected chi connectivity index (χ0v) is 17.2. The summed E-state index contributed by atoms with van der Waals surface area (Å²) in [5.41, 5.74) is -0.0501. The molecular weight excluding hydrogens is 384 g/mol. The third kappa shape index (κ3) is 4.74. The SMILES string of the molecule is O=C(Cc1c(C(=O)OC2CCCCC2)oc2ccccc2c1=O)OC1CCCCC1. The van der Waals surface area contributed by atoms with Gasteiger partial charge in [-0.05, 0) is 63.5 Å². The molecule has 2 saturated carbocycles. The number of esters is 2. The fourth-order valence-electron chi connectivity index (χ4n) is 4.45. The Kier molecular flexibility index (Phi) is 6.50. The van der Waals surface area contributed by atoms with Crippen LogP contribution in [0.2, 0.25) is 0 Å². The van der Waals surface area contributed by atoms with E-state index in [1.807, 2.05) is 0 Å². The lowest BCUT2D eigenvalue weighted by Crippen LogP contribution is -2.27. The van der Waals surface area contributed by atoms with Crippen molar-refractivity contribution >= 4 is 22.9 Å². The van der Waals surface area contributed by atoms with Crippen molar-refractivity contribution in [2.75, 3.05) is 0 Å². The highest BCUT2D eigenvalue weighted by Gasteiger charge is 2.28. The normalized spacial score (nSPS) is 18.3. The van der Waals surface area contributed by atoms with Crippen molar-refractivity contribution in [3.63, 3.8) is 0 Å². The number of benzene rings is 1. The van der Waals surface area contributed by atoms with E-state index in [1.165, 1.54) is 0 Å². The van der Waals surface area contributed by atoms with Gasteiger partial charge in [0, 0.05) is 0 Å². The van der Waals surface area contributed by atoms with Crippen molar-refractivity contribution in [2.45, 2.75) is 82.8 Å². The summed E-state index contributed by atoms with van der Waals surface area (Å²) in [4.78, 5) is 38.6. The van der Waals surface area contributed by atoms with E-state index in [0.717, 1.165) is 64.2 Å². The molecule has 0 aliphatic heterocycles. The molecule has 1 aromatic heterocycles. The van der Waals surface area contributed by atoms with Crippen LogP contribution in [-0.4, -0.2) is 24.1 Å². The Labute approximate surface area is 175 Å². The summed E-state index contributed by atoms with van der Waals surface area (Å²) in [6, 6.07) is 6.73. The van der Waals surface area contributed by atoms with Crippen LogP contribution in [0.4, 0.5) is 0 Å². The summed E-state index contributed by atoms with van der Waals surface area (Å²) in [5.74, 6) is -1.36. The monoisotopic (exact) mass is 412 g/mol. The molecule has 2 aromatic rings. The number of hydrogen-bond donors (Lipinski definition) is 0. The zero-order chi connectivity index (χ0) is 20.9. The van der Waals surface area contributed by atoms with Gasteiger partial charge in [0.15, 0.2) is 5.43 Å². The van der Waals surface area contributed by atoms with Crippen molar-refractivity contribution in [1.82, 2.24) is 0 Å². The Morgan fingerprint density at radius 1 is 0.867 bits per heavy atom. The second kappa shape index (κ2) is 9.45. The van der Waals surface area contributed by atoms with Crippen LogP contribution in [0.1, 0.15) is 80.3 Å². The van der Waals surface area contributed by atoms with Gasteiger partial charge in [-0.2, -0.15) is 0 Å². The molecule has 0 bridgehead atoms. The number of ether oxygens (including phenoxy) is 2. The van der Waals surface area contributed by atoms with E-state index >= 15 is 0 Å². The van der Waals surface area contributed by atoms with Crippen LogP contribution in [-0.2, 0) is 20.7 Å². The van der Waals surface area contributed by atoms with Crippen molar-refractivity contribution in [1.29, 1.82) is 0 Å². The molecule has 1 heterocycles. The number of carbonyl (C=O) groups is 2. The minimum Gasteiger partial charge on any atom is -0.462 e. The van der Waals surface area contributed by atoms with E-state index in [-0.39, 0.29) is 35.4 Å². The van der Waals surface area contributed by atoms with Crippen LogP contribution < -0.4 is 5.43 Å². The number of carbonyl (C=O) groups excluding carboxylic acids is 2. The summed E-state index contributed by atoms with van der Waals surface area (Å²) in [6.07, 6.45) is 9.11. The third-order valence-corrected chi connectivity index (χ3v) is 6.07. The lowest BCUT2D eigenvalue weighted by molar-refractivity contribution is -0.149. The number of rotatable bonds is 5. The second-order valence-corrected chi connectivity index (χ2v) is 8.33. The van der Waals surface area contributed by atoms with Crippen molar-refractivity contribution in [3.05, 3.63) is 45.8 Å². The van der Waals surface area contributed by atoms with E-state index in [1.54, 1.807) is 24.3 Å². The molecule has 0 atom stereocenters. The third-order valence-electron chi connectivity index (χ3n) is 6.07. The fraction of sp³-hybridized carbons (Fsp3) is 0.542. The van der Waals surface area contributed by atoms with Gasteiger partial charge in [0.2, 0.25) is 5.76 Å². The van der Waals surface area contributed by atoms with Gasteiger partial charge >= 0.3 is 11.9 Å². The molecule has 0 amide bonds. The molecule has 6 nitrogen and oxygen atoms in total. The maximum absolute atomic E-state index is 13.1. The van der Waals surface area contributed by atoms with Crippen LogP contribution in [0.3, 0.4) is 0 Å². The number of hydrogen-bond acceptors (Lipinski definition) is 6. The fourth-order valence-corrected chi connectivity index (χ4v) is 4.45. The van der Waals surface area contributed by atoms with Gasteiger partial charge in [-0.25, -0.2) is 4.79 Å². The van der Waals surface area contributed by atoms with Gasteiger partial charge in [-0.3, -0.25) is 9.59 Å². The average Bonchev–Trinajstić information content (AvgIpc) is 2.77. The molecule has 0 radical (unpaired) electrons. The van der Waals surface area contributed by atoms with Gasteiger partial charge in [-0.15, -0.1) is 0 Å². The first-order chi connectivity index (χ1) is 14.6. The summed E-state index contributed by atoms with van der Waals surface area (Å²) >= 11 is 0. The molecule has 0 saturated heterocycles. The first-order valence-electron chi connectivity index (χ1n) is 11.1. The summed E-state index contributed by atoms with van der Waals surface area (Å²) in [5, 5.41) is 0.340. The largest absolute Gasteiger partial charge is 0.462 e. The maximum Gasteiger partial charge on any atom is 0.374 e. The molecule has 0 unspecified atom stereocenters. The molecule has 2 fully saturated rings. The summed E-state index contributed by atoms with van der Waals surface area (Å²) in [6.45, 7) is 0. The Morgan fingerprint density at radius 2 is 1.47 bits per heavy atom. The van der Waals surface area contributed by atoms with Gasteiger partial charge in [0.1, 0.15) is 17.8 Å². The summed E-state index contributed by atoms with van der Waals surface area (Å²) in [7, 11) is 0. The van der Waals surface area contributed by atoms with E-state index < -0.39 is 11.9 Å². The predicted molar refractivity (Wildman–Crippen MR) is 111 cm³/mol. The van der Waals surface area contributed by atoms with Gasteiger partial charge in [0.05, 0.1) is 17.4 Å². The van der Waals surface area contributed by atoms with E-state index in [0.29, 0.717) is 11.0 Å². The Bertz CT molecular complexity index is 963. The highest BCUT2D eigenvalue weighted by molar-refractivity contribution is 5.92. The number of fused-ring (bicyclic) bond motifs is 1. The molecular formula is C24H28O6. The highest BCUT2D eigenvalue weighted by Crippen LogP contribution is 2.24. The lowest BCUT2D eigenvalue weighted by Gasteiger charge is -2.22. The molecule has 30 heavy (non-hydrogen) atoms. The van der Waals surface area contributed by atoms with Crippen molar-refractivity contribution < 1.29 is 23.5 Å². The van der Waals surface area contributed by atoms with Crippen LogP contribution in [0.25, 0.3) is 11.0 Å². The van der Waals surface area contributed by atoms with E-state index in [2.05, 4.69) is 0 Å². The molecule has 4 rings (SSSR count). The molecule has 2 aliphatic rings. The minimum absolute atomic E-state index is 0.0234. The smallest absolute Gasteiger partial charge is 0.374 e. The van der Waals surface area contributed by atoms with Crippen molar-refractivity contribution in [2.24, 2.45) is 0 Å². The van der Waals surface area contributed by atoms with Gasteiger partial charge < -0.3 is 13.9 Å². The van der Waals surface area contributed by atoms with E-state index in [4.69, 9.17) is 13.9 Å². The lowest BCUT2D eigenvalue weighted by atomic mass is 9.97. The topological polar surface area (TPSA) is 82.8 Å². The number of para-hydroxylation sites is 1. The Hall–Kier alpha value is -2.63. The molecule has 1 aromatic carbocycles.